The number of nitrogens with zero attached hydrogens (tertiary/aromatic N) is 1. The van der Waals surface area contributed by atoms with Gasteiger partial charge in [0.05, 0.1) is 0 Å². The van der Waals surface area contributed by atoms with Gasteiger partial charge in [-0.3, -0.25) is 4.57 Å². The molecule has 3 aliphatic carbocycles. The summed E-state index contributed by atoms with van der Waals surface area (Å²) in [5, 5.41) is 21.6. The number of hydrogen-bond donors (Lipinski definition) is 2. The molecule has 1 saturated carbocycles. The van der Waals surface area contributed by atoms with E-state index >= 15 is 0 Å². The number of rotatable bonds is 3. The van der Waals surface area contributed by atoms with E-state index in [9.17, 15) is 10.2 Å². The zero-order valence-electron chi connectivity index (χ0n) is 12.4. The lowest BCUT2D eigenvalue weighted by atomic mass is 9.81. The molecular weight excluding hydrogens is 262 g/mol. The van der Waals surface area contributed by atoms with Crippen molar-refractivity contribution < 1.29 is 10.2 Å². The van der Waals surface area contributed by atoms with E-state index in [1.807, 2.05) is 10.6 Å². The SMILES string of the molecule is C=CCC12C=CC(C1)c1c2c(O)n(C2CCCCC2)c1O. The summed E-state index contributed by atoms with van der Waals surface area (Å²) in [6, 6.07) is 0.254. The predicted octanol–water partition coefficient (Wildman–Crippen LogP) is 4.28. The lowest BCUT2D eigenvalue weighted by Crippen LogP contribution is -2.18. The molecule has 2 bridgehead atoms. The van der Waals surface area contributed by atoms with Crippen LogP contribution in [0, 0.1) is 0 Å². The van der Waals surface area contributed by atoms with E-state index in [1.54, 1.807) is 0 Å². The van der Waals surface area contributed by atoms with Crippen LogP contribution in [0.1, 0.15) is 68.0 Å². The second-order valence-corrected chi connectivity index (χ2v) is 6.92. The molecule has 3 aliphatic rings. The average molecular weight is 285 g/mol. The molecule has 0 aliphatic heterocycles. The lowest BCUT2D eigenvalue weighted by molar-refractivity contribution is 0.277. The van der Waals surface area contributed by atoms with Crippen molar-refractivity contribution in [2.75, 3.05) is 0 Å². The van der Waals surface area contributed by atoms with Gasteiger partial charge >= 0.3 is 0 Å². The first kappa shape index (κ1) is 13.1. The van der Waals surface area contributed by atoms with Gasteiger partial charge in [-0.2, -0.15) is 0 Å². The Morgan fingerprint density at radius 1 is 1.24 bits per heavy atom. The van der Waals surface area contributed by atoms with E-state index in [0.29, 0.717) is 11.8 Å². The summed E-state index contributed by atoms with van der Waals surface area (Å²) in [5.41, 5.74) is 1.81. The molecule has 1 fully saturated rings. The Bertz CT molecular complexity index is 622. The van der Waals surface area contributed by atoms with Crippen LogP contribution >= 0.6 is 0 Å². The lowest BCUT2D eigenvalue weighted by Gasteiger charge is -2.27. The third-order valence-corrected chi connectivity index (χ3v) is 5.74. The van der Waals surface area contributed by atoms with Crippen molar-refractivity contribution in [1.82, 2.24) is 4.57 Å². The highest BCUT2D eigenvalue weighted by atomic mass is 16.3. The summed E-state index contributed by atoms with van der Waals surface area (Å²) in [4.78, 5) is 0. The van der Waals surface area contributed by atoms with Crippen molar-refractivity contribution in [2.24, 2.45) is 0 Å². The van der Waals surface area contributed by atoms with E-state index in [4.69, 9.17) is 0 Å². The number of aromatic hydroxyl groups is 2. The van der Waals surface area contributed by atoms with Gasteiger partial charge in [-0.25, -0.2) is 0 Å². The van der Waals surface area contributed by atoms with Crippen molar-refractivity contribution in [3.05, 3.63) is 35.9 Å². The molecule has 1 aromatic heterocycles. The summed E-state index contributed by atoms with van der Waals surface area (Å²) >= 11 is 0. The molecule has 0 radical (unpaired) electrons. The highest BCUT2D eigenvalue weighted by Gasteiger charge is 2.51. The van der Waals surface area contributed by atoms with Crippen LogP contribution < -0.4 is 0 Å². The molecule has 2 atom stereocenters. The smallest absolute Gasteiger partial charge is 0.198 e. The van der Waals surface area contributed by atoms with E-state index in [1.165, 1.54) is 19.3 Å². The predicted molar refractivity (Wildman–Crippen MR) is 82.9 cm³/mol. The molecule has 4 rings (SSSR count). The van der Waals surface area contributed by atoms with Crippen molar-refractivity contribution >= 4 is 0 Å². The molecule has 2 N–H and O–H groups in total. The van der Waals surface area contributed by atoms with Crippen LogP contribution in [-0.2, 0) is 5.41 Å². The largest absolute Gasteiger partial charge is 0.494 e. The highest BCUT2D eigenvalue weighted by Crippen LogP contribution is 2.62. The Morgan fingerprint density at radius 2 is 2.00 bits per heavy atom. The monoisotopic (exact) mass is 285 g/mol. The van der Waals surface area contributed by atoms with Gasteiger partial charge in [-0.05, 0) is 25.7 Å². The molecule has 0 saturated heterocycles. The fraction of sp³-hybridized carbons (Fsp3) is 0.556. The van der Waals surface area contributed by atoms with E-state index in [0.717, 1.165) is 36.8 Å². The van der Waals surface area contributed by atoms with Crippen LogP contribution in [0.2, 0.25) is 0 Å². The maximum absolute atomic E-state index is 10.8. The minimum atomic E-state index is -0.136. The molecule has 3 heteroatoms. The van der Waals surface area contributed by atoms with Crippen molar-refractivity contribution in [3.8, 4) is 11.8 Å². The van der Waals surface area contributed by atoms with Gasteiger partial charge in [0.15, 0.2) is 11.8 Å². The van der Waals surface area contributed by atoms with Crippen LogP contribution in [0.15, 0.2) is 24.8 Å². The van der Waals surface area contributed by atoms with E-state index < -0.39 is 0 Å². The number of allylic oxidation sites excluding steroid dienone is 3. The first-order valence-electron chi connectivity index (χ1n) is 8.14. The van der Waals surface area contributed by atoms with E-state index in [-0.39, 0.29) is 17.4 Å². The standard InChI is InChI=1S/C18H23NO2/c1-2-9-18-10-8-12(11-18)14-15(18)17(21)19(16(14)20)13-6-4-3-5-7-13/h2,8,10,12-13,20-21H,1,3-7,9,11H2. The third kappa shape index (κ3) is 1.60. The maximum atomic E-state index is 10.8. The molecular formula is C18H23NO2. The first-order valence-corrected chi connectivity index (χ1v) is 8.14. The fourth-order valence-electron chi connectivity index (χ4n) is 4.83. The van der Waals surface area contributed by atoms with Gasteiger partial charge in [0.1, 0.15) is 0 Å². The summed E-state index contributed by atoms with van der Waals surface area (Å²) in [5.74, 6) is 0.883. The van der Waals surface area contributed by atoms with Gasteiger partial charge in [-0.1, -0.05) is 37.5 Å². The van der Waals surface area contributed by atoms with Crippen LogP contribution in [0.25, 0.3) is 0 Å². The Labute approximate surface area is 125 Å². The number of aromatic nitrogens is 1. The van der Waals surface area contributed by atoms with Gasteiger partial charge < -0.3 is 10.2 Å². The Balaban J connectivity index is 1.84. The van der Waals surface area contributed by atoms with Crippen LogP contribution in [-0.4, -0.2) is 14.8 Å². The Kier molecular flexibility index (Phi) is 2.75. The zero-order valence-corrected chi connectivity index (χ0v) is 12.4. The molecule has 3 nitrogen and oxygen atoms in total. The maximum Gasteiger partial charge on any atom is 0.198 e. The van der Waals surface area contributed by atoms with Gasteiger partial charge in [0, 0.05) is 28.5 Å². The van der Waals surface area contributed by atoms with Crippen LogP contribution in [0.4, 0.5) is 0 Å². The topological polar surface area (TPSA) is 45.4 Å². The summed E-state index contributed by atoms with van der Waals surface area (Å²) in [6.45, 7) is 3.87. The second-order valence-electron chi connectivity index (χ2n) is 6.92. The Hall–Kier alpha value is -1.64. The van der Waals surface area contributed by atoms with Gasteiger partial charge in [-0.15, -0.1) is 6.58 Å². The van der Waals surface area contributed by atoms with Crippen LogP contribution in [0.5, 0.6) is 11.8 Å². The summed E-state index contributed by atoms with van der Waals surface area (Å²) in [7, 11) is 0. The summed E-state index contributed by atoms with van der Waals surface area (Å²) in [6.07, 6.45) is 13.9. The first-order chi connectivity index (χ1) is 10.2. The quantitative estimate of drug-likeness (QED) is 0.814. The van der Waals surface area contributed by atoms with Gasteiger partial charge in [0.25, 0.3) is 0 Å². The molecule has 0 aromatic carbocycles. The molecule has 1 heterocycles. The van der Waals surface area contributed by atoms with Crippen molar-refractivity contribution in [1.29, 1.82) is 0 Å². The number of fused-ring (bicyclic) bond motifs is 5. The van der Waals surface area contributed by atoms with E-state index in [2.05, 4.69) is 18.7 Å². The number of hydrogen-bond acceptors (Lipinski definition) is 2. The molecule has 0 amide bonds. The second kappa shape index (κ2) is 4.43. The average Bonchev–Trinajstić information content (AvgIpc) is 3.11. The molecule has 112 valence electrons. The highest BCUT2D eigenvalue weighted by molar-refractivity contribution is 5.62. The Morgan fingerprint density at radius 3 is 2.71 bits per heavy atom. The van der Waals surface area contributed by atoms with Gasteiger partial charge in [0.2, 0.25) is 0 Å². The minimum absolute atomic E-state index is 0.136. The molecule has 0 spiro atoms. The summed E-state index contributed by atoms with van der Waals surface area (Å²) < 4.78 is 1.82. The molecule has 21 heavy (non-hydrogen) atoms. The van der Waals surface area contributed by atoms with Crippen LogP contribution in [0.3, 0.4) is 0 Å². The third-order valence-electron chi connectivity index (χ3n) is 5.74. The normalized spacial score (nSPS) is 30.8. The van der Waals surface area contributed by atoms with Crippen molar-refractivity contribution in [2.45, 2.75) is 62.3 Å². The van der Waals surface area contributed by atoms with Crippen molar-refractivity contribution in [3.63, 3.8) is 0 Å². The fourth-order valence-corrected chi connectivity index (χ4v) is 4.83. The molecule has 2 unspecified atom stereocenters. The zero-order chi connectivity index (χ0) is 14.6. The molecule has 1 aromatic rings. The minimum Gasteiger partial charge on any atom is -0.494 e.